The monoisotopic (exact) mass is 239 g/mol. The van der Waals surface area contributed by atoms with Crippen LogP contribution in [-0.2, 0) is 10.2 Å². The topological polar surface area (TPSA) is 80.4 Å². The fourth-order valence-electron chi connectivity index (χ4n) is 2.11. The minimum absolute atomic E-state index is 0.305. The molecule has 5 nitrogen and oxygen atoms in total. The lowest BCUT2D eigenvalue weighted by atomic mass is 9.64. The summed E-state index contributed by atoms with van der Waals surface area (Å²) < 4.78 is 13.4. The van der Waals surface area contributed by atoms with Crippen molar-refractivity contribution in [2.45, 2.75) is 24.7 Å². The van der Waals surface area contributed by atoms with Crippen LogP contribution < -0.4 is 0 Å². The van der Waals surface area contributed by atoms with E-state index in [4.69, 9.17) is 5.11 Å². The molecule has 6 heteroatoms. The standard InChI is InChI=1S/C11H10FNO4/c12-8-6-7(2-3-9(8)13(16)17)11(10(14)15)4-1-5-11/h2-3,6H,1,4-5H2,(H,14,15). The van der Waals surface area contributed by atoms with Gasteiger partial charge in [-0.05, 0) is 24.5 Å². The van der Waals surface area contributed by atoms with Crippen molar-refractivity contribution < 1.29 is 19.2 Å². The van der Waals surface area contributed by atoms with E-state index in [1.807, 2.05) is 0 Å². The molecule has 1 aliphatic carbocycles. The van der Waals surface area contributed by atoms with Gasteiger partial charge in [-0.2, -0.15) is 4.39 Å². The first-order valence-electron chi connectivity index (χ1n) is 5.15. The van der Waals surface area contributed by atoms with E-state index >= 15 is 0 Å². The highest BCUT2D eigenvalue weighted by atomic mass is 19.1. The van der Waals surface area contributed by atoms with E-state index in [9.17, 15) is 19.3 Å². The highest BCUT2D eigenvalue weighted by Gasteiger charge is 2.46. The van der Waals surface area contributed by atoms with Crippen molar-refractivity contribution >= 4 is 11.7 Å². The van der Waals surface area contributed by atoms with E-state index in [2.05, 4.69) is 0 Å². The SMILES string of the molecule is O=C(O)C1(c2ccc([N+](=O)[O-])c(F)c2)CCC1. The Bertz CT molecular complexity index is 496. The van der Waals surface area contributed by atoms with Crippen molar-refractivity contribution in [1.29, 1.82) is 0 Å². The number of carboxylic acids is 1. The summed E-state index contributed by atoms with van der Waals surface area (Å²) in [6, 6.07) is 3.31. The molecule has 0 saturated heterocycles. The molecule has 1 aromatic carbocycles. The van der Waals surface area contributed by atoms with Gasteiger partial charge in [0.05, 0.1) is 10.3 Å². The van der Waals surface area contributed by atoms with Crippen molar-refractivity contribution in [2.24, 2.45) is 0 Å². The molecule has 0 aliphatic heterocycles. The number of benzene rings is 1. The van der Waals surface area contributed by atoms with Gasteiger partial charge in [-0.1, -0.05) is 12.5 Å². The van der Waals surface area contributed by atoms with Crippen LogP contribution in [0, 0.1) is 15.9 Å². The second-order valence-electron chi connectivity index (χ2n) is 4.16. The van der Waals surface area contributed by atoms with Crippen LogP contribution in [0.15, 0.2) is 18.2 Å². The van der Waals surface area contributed by atoms with Crippen LogP contribution in [0.1, 0.15) is 24.8 Å². The van der Waals surface area contributed by atoms with E-state index in [-0.39, 0.29) is 0 Å². The minimum atomic E-state index is -1.06. The Balaban J connectivity index is 2.44. The van der Waals surface area contributed by atoms with Gasteiger partial charge < -0.3 is 5.11 Å². The number of carboxylic acid groups (broad SMARTS) is 1. The number of hydrogen-bond acceptors (Lipinski definition) is 3. The molecule has 90 valence electrons. The smallest absolute Gasteiger partial charge is 0.314 e. The second-order valence-corrected chi connectivity index (χ2v) is 4.16. The summed E-state index contributed by atoms with van der Waals surface area (Å²) in [6.45, 7) is 0. The number of rotatable bonds is 3. The number of nitrogens with zero attached hydrogens (tertiary/aromatic N) is 1. The number of halogens is 1. The molecular formula is C11H10FNO4. The van der Waals surface area contributed by atoms with Gasteiger partial charge >= 0.3 is 11.7 Å². The number of nitro benzene ring substituents is 1. The van der Waals surface area contributed by atoms with E-state index in [1.54, 1.807) is 0 Å². The zero-order valence-corrected chi connectivity index (χ0v) is 8.85. The normalized spacial score (nSPS) is 17.2. The first kappa shape index (κ1) is 11.5. The van der Waals surface area contributed by atoms with Gasteiger partial charge in [-0.25, -0.2) is 0 Å². The van der Waals surface area contributed by atoms with Crippen molar-refractivity contribution in [3.05, 3.63) is 39.7 Å². The summed E-state index contributed by atoms with van der Waals surface area (Å²) in [4.78, 5) is 20.8. The maximum absolute atomic E-state index is 13.4. The third-order valence-electron chi connectivity index (χ3n) is 3.31. The molecule has 1 aromatic rings. The third kappa shape index (κ3) is 1.65. The fourth-order valence-corrected chi connectivity index (χ4v) is 2.11. The van der Waals surface area contributed by atoms with Crippen LogP contribution in [0.5, 0.6) is 0 Å². The molecular weight excluding hydrogens is 229 g/mol. The van der Waals surface area contributed by atoms with Gasteiger partial charge in [0.15, 0.2) is 0 Å². The molecule has 1 N–H and O–H groups in total. The number of aliphatic carboxylic acids is 1. The van der Waals surface area contributed by atoms with Gasteiger partial charge in [-0.15, -0.1) is 0 Å². The highest BCUT2D eigenvalue weighted by molar-refractivity contribution is 5.82. The van der Waals surface area contributed by atoms with Gasteiger partial charge in [0.25, 0.3) is 0 Å². The Kier molecular flexibility index (Phi) is 2.57. The lowest BCUT2D eigenvalue weighted by Crippen LogP contribution is -2.42. The van der Waals surface area contributed by atoms with Crippen LogP contribution in [0.3, 0.4) is 0 Å². The largest absolute Gasteiger partial charge is 0.481 e. The summed E-state index contributed by atoms with van der Waals surface area (Å²) >= 11 is 0. The van der Waals surface area contributed by atoms with Gasteiger partial charge in [0.2, 0.25) is 5.82 Å². The molecule has 1 saturated carbocycles. The van der Waals surface area contributed by atoms with Gasteiger partial charge in [0.1, 0.15) is 0 Å². The highest BCUT2D eigenvalue weighted by Crippen LogP contribution is 2.44. The summed E-state index contributed by atoms with van der Waals surface area (Å²) in [5.41, 5.74) is -1.39. The van der Waals surface area contributed by atoms with Crippen molar-refractivity contribution in [3.63, 3.8) is 0 Å². The maximum atomic E-state index is 13.4. The first-order valence-corrected chi connectivity index (χ1v) is 5.15. The average molecular weight is 239 g/mol. The Morgan fingerprint density at radius 3 is 2.47 bits per heavy atom. The molecule has 0 bridgehead atoms. The summed E-state index contributed by atoms with van der Waals surface area (Å²) in [5, 5.41) is 19.6. The fraction of sp³-hybridized carbons (Fsp3) is 0.364. The third-order valence-corrected chi connectivity index (χ3v) is 3.31. The molecule has 0 spiro atoms. The van der Waals surface area contributed by atoms with Crippen LogP contribution in [-0.4, -0.2) is 16.0 Å². The maximum Gasteiger partial charge on any atom is 0.314 e. The lowest BCUT2D eigenvalue weighted by Gasteiger charge is -2.38. The van der Waals surface area contributed by atoms with Crippen molar-refractivity contribution in [3.8, 4) is 0 Å². The van der Waals surface area contributed by atoms with Crippen LogP contribution in [0.4, 0.5) is 10.1 Å². The predicted molar refractivity (Wildman–Crippen MR) is 56.2 cm³/mol. The number of hydrogen-bond donors (Lipinski definition) is 1. The lowest BCUT2D eigenvalue weighted by molar-refractivity contribution is -0.387. The molecule has 0 atom stereocenters. The molecule has 0 aromatic heterocycles. The predicted octanol–water partition coefficient (Wildman–Crippen LogP) is 2.24. The van der Waals surface area contributed by atoms with Gasteiger partial charge in [0, 0.05) is 6.07 Å². The molecule has 2 rings (SSSR count). The molecule has 0 unspecified atom stereocenters. The molecule has 1 fully saturated rings. The summed E-state index contributed by atoms with van der Waals surface area (Å²) in [6.07, 6.45) is 1.66. The zero-order chi connectivity index (χ0) is 12.6. The Labute approximate surface area is 96.0 Å². The van der Waals surface area contributed by atoms with Gasteiger partial charge in [-0.3, -0.25) is 14.9 Å². The summed E-state index contributed by atoms with van der Waals surface area (Å²) in [5.74, 6) is -1.99. The zero-order valence-electron chi connectivity index (χ0n) is 8.85. The molecule has 0 radical (unpaired) electrons. The molecule has 1 aliphatic rings. The van der Waals surface area contributed by atoms with E-state index in [1.165, 1.54) is 6.07 Å². The number of carbonyl (C=O) groups is 1. The van der Waals surface area contributed by atoms with Crippen LogP contribution in [0.25, 0.3) is 0 Å². The van der Waals surface area contributed by atoms with E-state index in [0.717, 1.165) is 18.6 Å². The quantitative estimate of drug-likeness (QED) is 0.647. The van der Waals surface area contributed by atoms with Crippen LogP contribution in [0.2, 0.25) is 0 Å². The molecule has 17 heavy (non-hydrogen) atoms. The first-order chi connectivity index (χ1) is 7.97. The van der Waals surface area contributed by atoms with Crippen molar-refractivity contribution in [1.82, 2.24) is 0 Å². The average Bonchev–Trinajstić information content (AvgIpc) is 2.14. The minimum Gasteiger partial charge on any atom is -0.481 e. The number of nitro groups is 1. The van der Waals surface area contributed by atoms with Crippen LogP contribution >= 0.6 is 0 Å². The van der Waals surface area contributed by atoms with Crippen molar-refractivity contribution in [2.75, 3.05) is 0 Å². The Hall–Kier alpha value is -1.98. The summed E-state index contributed by atoms with van der Waals surface area (Å²) in [7, 11) is 0. The second kappa shape index (κ2) is 3.80. The Morgan fingerprint density at radius 1 is 1.47 bits per heavy atom. The van der Waals surface area contributed by atoms with E-state index < -0.39 is 27.8 Å². The molecule has 0 amide bonds. The Morgan fingerprint density at radius 2 is 2.12 bits per heavy atom. The van der Waals surface area contributed by atoms with E-state index in [0.29, 0.717) is 18.4 Å². The molecule has 0 heterocycles.